The number of aliphatic hydroxyl groups is 1. The zero-order valence-electron chi connectivity index (χ0n) is 10.1. The number of nitrogens with one attached hydrogen (secondary N) is 1. The van der Waals surface area contributed by atoms with Crippen molar-refractivity contribution in [2.24, 2.45) is 0 Å². The Morgan fingerprint density at radius 3 is 2.88 bits per heavy atom. The number of aliphatic hydroxyl groups excluding tert-OH is 1. The molecule has 16 heavy (non-hydrogen) atoms. The monoisotopic (exact) mass is 223 g/mol. The molecule has 0 fully saturated rings. The van der Waals surface area contributed by atoms with Gasteiger partial charge in [0.05, 0.1) is 6.61 Å². The largest absolute Gasteiger partial charge is 0.493 e. The van der Waals surface area contributed by atoms with Crippen LogP contribution in [0.25, 0.3) is 0 Å². The minimum absolute atomic E-state index is 0.235. The van der Waals surface area contributed by atoms with Gasteiger partial charge in [0.15, 0.2) is 0 Å². The quantitative estimate of drug-likeness (QED) is 0.693. The summed E-state index contributed by atoms with van der Waals surface area (Å²) < 4.78 is 5.64. The molecule has 0 unspecified atom stereocenters. The van der Waals surface area contributed by atoms with E-state index in [1.54, 1.807) is 0 Å². The SMILES string of the molecule is CCOc1c(C)cccc1CNCCCO. The van der Waals surface area contributed by atoms with Crippen LogP contribution in [0.5, 0.6) is 5.75 Å². The second-order valence-corrected chi connectivity index (χ2v) is 3.75. The smallest absolute Gasteiger partial charge is 0.126 e. The topological polar surface area (TPSA) is 41.5 Å². The molecule has 0 aliphatic carbocycles. The molecule has 0 bridgehead atoms. The predicted octanol–water partition coefficient (Wildman–Crippen LogP) is 1.87. The standard InChI is InChI=1S/C13H21NO2/c1-3-16-13-11(2)6-4-7-12(13)10-14-8-5-9-15/h4,6-7,14-15H,3,5,8-10H2,1-2H3. The van der Waals surface area contributed by atoms with Crippen molar-refractivity contribution in [1.29, 1.82) is 0 Å². The van der Waals surface area contributed by atoms with Gasteiger partial charge in [-0.05, 0) is 32.4 Å². The predicted molar refractivity (Wildman–Crippen MR) is 65.8 cm³/mol. The van der Waals surface area contributed by atoms with Crippen molar-refractivity contribution in [3.63, 3.8) is 0 Å². The van der Waals surface area contributed by atoms with Crippen LogP contribution in [0.3, 0.4) is 0 Å². The summed E-state index contributed by atoms with van der Waals surface area (Å²) >= 11 is 0. The molecule has 0 amide bonds. The van der Waals surface area contributed by atoms with Crippen molar-refractivity contribution in [3.05, 3.63) is 29.3 Å². The van der Waals surface area contributed by atoms with Crippen molar-refractivity contribution < 1.29 is 9.84 Å². The third-order valence-corrected chi connectivity index (χ3v) is 2.41. The van der Waals surface area contributed by atoms with Crippen molar-refractivity contribution in [3.8, 4) is 5.75 Å². The molecule has 0 radical (unpaired) electrons. The second-order valence-electron chi connectivity index (χ2n) is 3.75. The maximum atomic E-state index is 8.68. The van der Waals surface area contributed by atoms with Gasteiger partial charge < -0.3 is 15.2 Å². The van der Waals surface area contributed by atoms with Crippen LogP contribution >= 0.6 is 0 Å². The third kappa shape index (κ3) is 3.83. The van der Waals surface area contributed by atoms with Crippen molar-refractivity contribution >= 4 is 0 Å². The zero-order valence-corrected chi connectivity index (χ0v) is 10.1. The Kier molecular flexibility index (Phi) is 5.90. The fourth-order valence-corrected chi connectivity index (χ4v) is 1.63. The van der Waals surface area contributed by atoms with E-state index in [0.717, 1.165) is 25.3 Å². The minimum atomic E-state index is 0.235. The third-order valence-electron chi connectivity index (χ3n) is 2.41. The van der Waals surface area contributed by atoms with E-state index >= 15 is 0 Å². The van der Waals surface area contributed by atoms with Gasteiger partial charge in [-0.3, -0.25) is 0 Å². The second kappa shape index (κ2) is 7.25. The van der Waals surface area contributed by atoms with Gasteiger partial charge >= 0.3 is 0 Å². The Labute approximate surface area is 97.4 Å². The van der Waals surface area contributed by atoms with Gasteiger partial charge in [0.1, 0.15) is 5.75 Å². The molecule has 0 saturated heterocycles. The number of para-hydroxylation sites is 1. The van der Waals surface area contributed by atoms with E-state index in [4.69, 9.17) is 9.84 Å². The van der Waals surface area contributed by atoms with E-state index in [-0.39, 0.29) is 6.61 Å². The average molecular weight is 223 g/mol. The Morgan fingerprint density at radius 1 is 1.38 bits per heavy atom. The van der Waals surface area contributed by atoms with E-state index in [1.807, 2.05) is 13.0 Å². The molecule has 1 rings (SSSR count). The van der Waals surface area contributed by atoms with Crippen LogP contribution in [0.1, 0.15) is 24.5 Å². The summed E-state index contributed by atoms with van der Waals surface area (Å²) in [5, 5.41) is 12.0. The molecule has 0 aliphatic heterocycles. The van der Waals surface area contributed by atoms with Crippen LogP contribution in [0, 0.1) is 6.92 Å². The van der Waals surface area contributed by atoms with Gasteiger partial charge in [0.25, 0.3) is 0 Å². The molecule has 1 aromatic rings. The molecule has 90 valence electrons. The van der Waals surface area contributed by atoms with Crippen molar-refractivity contribution in [2.75, 3.05) is 19.8 Å². The maximum Gasteiger partial charge on any atom is 0.126 e. The molecule has 0 heterocycles. The molecule has 3 nitrogen and oxygen atoms in total. The number of ether oxygens (including phenoxy) is 1. The lowest BCUT2D eigenvalue weighted by atomic mass is 10.1. The van der Waals surface area contributed by atoms with Crippen LogP contribution in [-0.2, 0) is 6.54 Å². The van der Waals surface area contributed by atoms with E-state index < -0.39 is 0 Å². The number of hydrogen-bond acceptors (Lipinski definition) is 3. The molecule has 0 aliphatic rings. The summed E-state index contributed by atoms with van der Waals surface area (Å²) in [7, 11) is 0. The first kappa shape index (κ1) is 13.0. The fourth-order valence-electron chi connectivity index (χ4n) is 1.63. The van der Waals surface area contributed by atoms with Crippen LogP contribution in [0.2, 0.25) is 0 Å². The first-order chi connectivity index (χ1) is 7.79. The summed E-state index contributed by atoms with van der Waals surface area (Å²) in [6, 6.07) is 6.17. The van der Waals surface area contributed by atoms with E-state index in [0.29, 0.717) is 6.61 Å². The van der Waals surface area contributed by atoms with Gasteiger partial charge in [0.2, 0.25) is 0 Å². The highest BCUT2D eigenvalue weighted by atomic mass is 16.5. The van der Waals surface area contributed by atoms with Crippen molar-refractivity contribution in [2.45, 2.75) is 26.8 Å². The van der Waals surface area contributed by atoms with Crippen LogP contribution in [-0.4, -0.2) is 24.9 Å². The molecule has 0 spiro atoms. The fraction of sp³-hybridized carbons (Fsp3) is 0.538. The van der Waals surface area contributed by atoms with Gasteiger partial charge in [-0.1, -0.05) is 18.2 Å². The highest BCUT2D eigenvalue weighted by Crippen LogP contribution is 2.23. The molecule has 2 N–H and O–H groups in total. The lowest BCUT2D eigenvalue weighted by Crippen LogP contribution is -2.16. The summed E-state index contributed by atoms with van der Waals surface area (Å²) in [6.45, 7) is 6.60. The Morgan fingerprint density at radius 2 is 2.19 bits per heavy atom. The lowest BCUT2D eigenvalue weighted by Gasteiger charge is -2.13. The number of benzene rings is 1. The van der Waals surface area contributed by atoms with E-state index in [9.17, 15) is 0 Å². The lowest BCUT2D eigenvalue weighted by molar-refractivity contribution is 0.285. The zero-order chi connectivity index (χ0) is 11.8. The molecular formula is C13H21NO2. The van der Waals surface area contributed by atoms with Crippen LogP contribution in [0.4, 0.5) is 0 Å². The summed E-state index contributed by atoms with van der Waals surface area (Å²) in [6.07, 6.45) is 0.787. The Bertz CT molecular complexity index is 313. The first-order valence-corrected chi connectivity index (χ1v) is 5.82. The number of hydrogen-bond donors (Lipinski definition) is 2. The summed E-state index contributed by atoms with van der Waals surface area (Å²) in [5.74, 6) is 0.987. The molecule has 3 heteroatoms. The minimum Gasteiger partial charge on any atom is -0.493 e. The first-order valence-electron chi connectivity index (χ1n) is 5.82. The van der Waals surface area contributed by atoms with Gasteiger partial charge in [0, 0.05) is 18.7 Å². The van der Waals surface area contributed by atoms with Gasteiger partial charge in [-0.2, -0.15) is 0 Å². The maximum absolute atomic E-state index is 8.68. The number of rotatable bonds is 7. The number of aryl methyl sites for hydroxylation is 1. The van der Waals surface area contributed by atoms with Gasteiger partial charge in [-0.25, -0.2) is 0 Å². The molecule has 0 atom stereocenters. The Hall–Kier alpha value is -1.06. The highest BCUT2D eigenvalue weighted by molar-refractivity contribution is 5.40. The average Bonchev–Trinajstić information content (AvgIpc) is 2.29. The van der Waals surface area contributed by atoms with Gasteiger partial charge in [-0.15, -0.1) is 0 Å². The molecular weight excluding hydrogens is 202 g/mol. The van der Waals surface area contributed by atoms with E-state index in [2.05, 4.69) is 24.4 Å². The molecule has 1 aromatic carbocycles. The van der Waals surface area contributed by atoms with Crippen LogP contribution in [0.15, 0.2) is 18.2 Å². The summed E-state index contributed by atoms with van der Waals surface area (Å²) in [5.41, 5.74) is 2.35. The molecule has 0 aromatic heterocycles. The summed E-state index contributed by atoms with van der Waals surface area (Å²) in [4.78, 5) is 0. The normalized spacial score (nSPS) is 10.4. The van der Waals surface area contributed by atoms with Crippen LogP contribution < -0.4 is 10.1 Å². The molecule has 0 saturated carbocycles. The highest BCUT2D eigenvalue weighted by Gasteiger charge is 2.05. The van der Waals surface area contributed by atoms with Crippen molar-refractivity contribution in [1.82, 2.24) is 5.32 Å². The van der Waals surface area contributed by atoms with E-state index in [1.165, 1.54) is 11.1 Å². The Balaban J connectivity index is 2.59.